The van der Waals surface area contributed by atoms with Gasteiger partial charge < -0.3 is 10.1 Å². The van der Waals surface area contributed by atoms with E-state index in [4.69, 9.17) is 16.3 Å². The summed E-state index contributed by atoms with van der Waals surface area (Å²) in [6.45, 7) is 3.91. The molecule has 0 saturated heterocycles. The van der Waals surface area contributed by atoms with Gasteiger partial charge in [-0.3, -0.25) is 9.36 Å². The highest BCUT2D eigenvalue weighted by Gasteiger charge is 2.20. The van der Waals surface area contributed by atoms with E-state index in [0.717, 1.165) is 22.4 Å². The maximum Gasteiger partial charge on any atom is 0.234 e. The first-order valence-electron chi connectivity index (χ1n) is 10.3. The topological polar surface area (TPSA) is 69.0 Å². The fourth-order valence-electron chi connectivity index (χ4n) is 3.35. The molecule has 1 heterocycles. The van der Waals surface area contributed by atoms with Crippen LogP contribution in [0.4, 0.5) is 5.69 Å². The third-order valence-corrected chi connectivity index (χ3v) is 6.49. The molecule has 1 aromatic heterocycles. The zero-order valence-corrected chi connectivity index (χ0v) is 20.1. The van der Waals surface area contributed by atoms with Gasteiger partial charge in [0.15, 0.2) is 11.0 Å². The van der Waals surface area contributed by atoms with Gasteiger partial charge in [-0.2, -0.15) is 0 Å². The highest BCUT2D eigenvalue weighted by Crippen LogP contribution is 2.33. The van der Waals surface area contributed by atoms with Crippen molar-refractivity contribution in [2.75, 3.05) is 18.2 Å². The number of hydrogen-bond donors (Lipinski definition) is 1. The quantitative estimate of drug-likeness (QED) is 0.333. The number of hydrogen-bond acceptors (Lipinski definition) is 5. The maximum absolute atomic E-state index is 12.7. The zero-order chi connectivity index (χ0) is 23.4. The lowest BCUT2D eigenvalue weighted by Gasteiger charge is -2.13. The van der Waals surface area contributed by atoms with E-state index in [1.54, 1.807) is 13.2 Å². The Bertz CT molecular complexity index is 1290. The third-order valence-electron chi connectivity index (χ3n) is 5.15. The highest BCUT2D eigenvalue weighted by atomic mass is 35.5. The Hall–Kier alpha value is -3.29. The van der Waals surface area contributed by atoms with E-state index >= 15 is 0 Å². The van der Waals surface area contributed by atoms with Crippen molar-refractivity contribution in [1.82, 2.24) is 14.8 Å². The molecule has 3 aromatic carbocycles. The van der Waals surface area contributed by atoms with Gasteiger partial charge in [0, 0.05) is 16.4 Å². The number of benzene rings is 3. The van der Waals surface area contributed by atoms with Crippen molar-refractivity contribution in [3.05, 3.63) is 82.9 Å². The van der Waals surface area contributed by atoms with Crippen LogP contribution in [0.15, 0.2) is 71.9 Å². The van der Waals surface area contributed by atoms with Crippen molar-refractivity contribution in [3.63, 3.8) is 0 Å². The van der Waals surface area contributed by atoms with Gasteiger partial charge in [0.2, 0.25) is 5.91 Å². The van der Waals surface area contributed by atoms with Gasteiger partial charge >= 0.3 is 0 Å². The van der Waals surface area contributed by atoms with Crippen molar-refractivity contribution < 1.29 is 9.53 Å². The van der Waals surface area contributed by atoms with Crippen molar-refractivity contribution in [2.45, 2.75) is 19.0 Å². The van der Waals surface area contributed by atoms with E-state index in [0.29, 0.717) is 27.4 Å². The summed E-state index contributed by atoms with van der Waals surface area (Å²) >= 11 is 7.48. The normalized spacial score (nSPS) is 10.8. The highest BCUT2D eigenvalue weighted by molar-refractivity contribution is 7.99. The van der Waals surface area contributed by atoms with Gasteiger partial charge in [0.05, 0.1) is 18.4 Å². The van der Waals surface area contributed by atoms with E-state index < -0.39 is 0 Å². The van der Waals surface area contributed by atoms with Crippen molar-refractivity contribution in [1.29, 1.82) is 0 Å². The number of carbonyl (C=O) groups is 1. The number of ether oxygens (including phenoxy) is 1. The van der Waals surface area contributed by atoms with E-state index in [1.807, 2.05) is 79.1 Å². The molecule has 4 aromatic rings. The summed E-state index contributed by atoms with van der Waals surface area (Å²) in [7, 11) is 1.63. The molecule has 0 aliphatic rings. The first-order valence-corrected chi connectivity index (χ1v) is 11.7. The Labute approximate surface area is 202 Å². The molecule has 0 spiro atoms. The Morgan fingerprint density at radius 3 is 2.55 bits per heavy atom. The fourth-order valence-corrected chi connectivity index (χ4v) is 4.28. The summed E-state index contributed by atoms with van der Waals surface area (Å²) in [5.41, 5.74) is 4.40. The maximum atomic E-state index is 12.7. The number of rotatable bonds is 7. The second kappa shape index (κ2) is 10.1. The van der Waals surface area contributed by atoms with Gasteiger partial charge in [0.25, 0.3) is 0 Å². The van der Waals surface area contributed by atoms with Crippen LogP contribution in [0.5, 0.6) is 5.75 Å². The molecule has 0 bridgehead atoms. The predicted molar refractivity (Wildman–Crippen MR) is 134 cm³/mol. The Morgan fingerprint density at radius 1 is 1.03 bits per heavy atom. The lowest BCUT2D eigenvalue weighted by Crippen LogP contribution is -2.15. The smallest absolute Gasteiger partial charge is 0.234 e. The minimum absolute atomic E-state index is 0.150. The molecule has 0 saturated carbocycles. The number of aryl methyl sites for hydroxylation is 1. The van der Waals surface area contributed by atoms with Gasteiger partial charge in [-0.15, -0.1) is 10.2 Å². The van der Waals surface area contributed by atoms with Crippen LogP contribution in [0.2, 0.25) is 5.02 Å². The van der Waals surface area contributed by atoms with Gasteiger partial charge in [-0.1, -0.05) is 59.3 Å². The van der Waals surface area contributed by atoms with Crippen molar-refractivity contribution in [2.24, 2.45) is 0 Å². The van der Waals surface area contributed by atoms with Crippen molar-refractivity contribution in [3.8, 4) is 22.8 Å². The molecule has 0 unspecified atom stereocenters. The van der Waals surface area contributed by atoms with Crippen LogP contribution in [0.3, 0.4) is 0 Å². The van der Waals surface area contributed by atoms with Crippen LogP contribution in [0.25, 0.3) is 17.1 Å². The number of para-hydroxylation sites is 1. The number of halogens is 1. The molecule has 0 radical (unpaired) electrons. The number of methoxy groups -OCH3 is 1. The number of thioether (sulfide) groups is 1. The fraction of sp³-hybridized carbons (Fsp3) is 0.160. The van der Waals surface area contributed by atoms with Crippen LogP contribution in [0, 0.1) is 13.8 Å². The van der Waals surface area contributed by atoms with Crippen LogP contribution in [-0.2, 0) is 4.79 Å². The molecular formula is C25H23ClN4O2S. The SMILES string of the molecule is COc1ccccc1-c1nnc(SCC(=O)Nc2cccc(Cl)c2C)n1-c1ccc(C)cc1. The molecule has 0 atom stereocenters. The van der Waals surface area contributed by atoms with E-state index in [9.17, 15) is 4.79 Å². The molecule has 1 amide bonds. The monoisotopic (exact) mass is 478 g/mol. The summed E-state index contributed by atoms with van der Waals surface area (Å²) < 4.78 is 7.49. The van der Waals surface area contributed by atoms with Gasteiger partial charge in [-0.05, 0) is 55.8 Å². The molecule has 168 valence electrons. The first kappa shape index (κ1) is 22.9. The number of nitrogens with zero attached hydrogens (tertiary/aromatic N) is 3. The largest absolute Gasteiger partial charge is 0.496 e. The molecule has 0 fully saturated rings. The summed E-state index contributed by atoms with van der Waals surface area (Å²) in [4.78, 5) is 12.7. The van der Waals surface area contributed by atoms with Gasteiger partial charge in [0.1, 0.15) is 5.75 Å². The molecular weight excluding hydrogens is 456 g/mol. The lowest BCUT2D eigenvalue weighted by atomic mass is 10.1. The molecule has 33 heavy (non-hydrogen) atoms. The van der Waals surface area contributed by atoms with E-state index in [1.165, 1.54) is 11.8 Å². The summed E-state index contributed by atoms with van der Waals surface area (Å²) in [6, 6.07) is 21.2. The number of aromatic nitrogens is 3. The summed E-state index contributed by atoms with van der Waals surface area (Å²) in [5, 5.41) is 13.0. The average molecular weight is 479 g/mol. The average Bonchev–Trinajstić information content (AvgIpc) is 3.25. The van der Waals surface area contributed by atoms with Gasteiger partial charge in [-0.25, -0.2) is 0 Å². The van der Waals surface area contributed by atoms with E-state index in [2.05, 4.69) is 15.5 Å². The third kappa shape index (κ3) is 5.05. The molecule has 0 aliphatic heterocycles. The summed E-state index contributed by atoms with van der Waals surface area (Å²) in [6.07, 6.45) is 0. The predicted octanol–water partition coefficient (Wildman–Crippen LogP) is 5.94. The second-order valence-electron chi connectivity index (χ2n) is 7.43. The Kier molecular flexibility index (Phi) is 7.01. The van der Waals surface area contributed by atoms with Crippen LogP contribution in [-0.4, -0.2) is 33.5 Å². The zero-order valence-electron chi connectivity index (χ0n) is 18.5. The van der Waals surface area contributed by atoms with E-state index in [-0.39, 0.29) is 11.7 Å². The minimum Gasteiger partial charge on any atom is -0.496 e. The standard InChI is InChI=1S/C25H23ClN4O2S/c1-16-11-13-18(14-12-16)30-24(19-7-4-5-10-22(19)32-3)28-29-25(30)33-15-23(31)27-21-9-6-8-20(26)17(21)2/h4-14H,15H2,1-3H3,(H,27,31). The Morgan fingerprint density at radius 2 is 1.79 bits per heavy atom. The minimum atomic E-state index is -0.150. The second-order valence-corrected chi connectivity index (χ2v) is 8.78. The van der Waals surface area contributed by atoms with Crippen molar-refractivity contribution >= 4 is 35.0 Å². The lowest BCUT2D eigenvalue weighted by molar-refractivity contribution is -0.113. The molecule has 0 aliphatic carbocycles. The first-order chi connectivity index (χ1) is 16.0. The van der Waals surface area contributed by atoms with Crippen LogP contribution in [0.1, 0.15) is 11.1 Å². The molecule has 4 rings (SSSR count). The number of carbonyl (C=O) groups excluding carboxylic acids is 1. The molecule has 1 N–H and O–H groups in total. The van der Waals surface area contributed by atoms with Crippen LogP contribution >= 0.6 is 23.4 Å². The molecule has 6 nitrogen and oxygen atoms in total. The molecule has 8 heteroatoms. The van der Waals surface area contributed by atoms with Crippen LogP contribution < -0.4 is 10.1 Å². The number of anilines is 1. The number of amides is 1. The Balaban J connectivity index is 1.64. The number of nitrogens with one attached hydrogen (secondary N) is 1. The summed E-state index contributed by atoms with van der Waals surface area (Å²) in [5.74, 6) is 1.36.